The average molecular weight is 426 g/mol. The number of anilines is 1. The van der Waals surface area contributed by atoms with Crippen molar-refractivity contribution in [2.75, 3.05) is 25.6 Å². The van der Waals surface area contributed by atoms with Crippen LogP contribution < -0.4 is 19.7 Å². The molecule has 0 aliphatic carbocycles. The van der Waals surface area contributed by atoms with E-state index < -0.39 is 11.6 Å². The third kappa shape index (κ3) is 2.99. The summed E-state index contributed by atoms with van der Waals surface area (Å²) in [6.45, 7) is 6.43. The van der Waals surface area contributed by atoms with Crippen molar-refractivity contribution in [2.24, 2.45) is 5.92 Å². The highest BCUT2D eigenvalue weighted by atomic mass is 32.1. The summed E-state index contributed by atoms with van der Waals surface area (Å²) >= 11 is 5.79. The molecule has 6 nitrogen and oxygen atoms in total. The number of benzene rings is 2. The summed E-state index contributed by atoms with van der Waals surface area (Å²) in [5, 5.41) is 3.97. The van der Waals surface area contributed by atoms with Gasteiger partial charge in [-0.3, -0.25) is 9.69 Å². The molecule has 0 spiro atoms. The molecule has 30 heavy (non-hydrogen) atoms. The summed E-state index contributed by atoms with van der Waals surface area (Å²) in [5.41, 5.74) is 1.81. The second-order valence-electron chi connectivity index (χ2n) is 8.02. The predicted octanol–water partition coefficient (Wildman–Crippen LogP) is 3.64. The van der Waals surface area contributed by atoms with Crippen molar-refractivity contribution in [1.29, 1.82) is 0 Å². The Morgan fingerprint density at radius 2 is 2.00 bits per heavy atom. The van der Waals surface area contributed by atoms with Crippen LogP contribution in [-0.2, 0) is 4.79 Å². The van der Waals surface area contributed by atoms with Crippen LogP contribution in [0.15, 0.2) is 42.5 Å². The second-order valence-corrected chi connectivity index (χ2v) is 8.41. The number of rotatable bonds is 4. The first kappa shape index (κ1) is 20.5. The van der Waals surface area contributed by atoms with Crippen LogP contribution in [0.2, 0.25) is 0 Å². The van der Waals surface area contributed by atoms with Gasteiger partial charge < -0.3 is 19.7 Å². The zero-order valence-corrected chi connectivity index (χ0v) is 18.7. The molecule has 2 aliphatic heterocycles. The molecule has 1 saturated heterocycles. The van der Waals surface area contributed by atoms with Crippen LogP contribution in [0, 0.1) is 12.8 Å². The number of para-hydroxylation sites is 2. The molecule has 158 valence electrons. The quantitative estimate of drug-likeness (QED) is 0.755. The van der Waals surface area contributed by atoms with E-state index >= 15 is 0 Å². The Kier molecular flexibility index (Phi) is 5.10. The molecule has 0 saturated carbocycles. The smallest absolute Gasteiger partial charge is 0.233 e. The standard InChI is InChI=1S/C23H27N3O3S/c1-6-28-17-13-9-11-15-19-18(21(27)25(4)5)23(3,29-20(15)17)26(22(30)24-19)16-12-8-7-10-14(16)2/h7-13,18-19H,6H2,1-5H3,(H,24,30). The molecule has 0 aromatic heterocycles. The van der Waals surface area contributed by atoms with E-state index in [4.69, 9.17) is 21.7 Å². The van der Waals surface area contributed by atoms with Gasteiger partial charge in [-0.2, -0.15) is 0 Å². The largest absolute Gasteiger partial charge is 0.490 e. The molecule has 1 N–H and O–H groups in total. The SMILES string of the molecule is CCOc1cccc2c1OC1(C)C(C(=O)N(C)C)C2NC(=S)N1c1ccccc1C. The third-order valence-electron chi connectivity index (χ3n) is 5.85. The summed E-state index contributed by atoms with van der Waals surface area (Å²) in [4.78, 5) is 17.0. The molecule has 1 fully saturated rings. The highest BCUT2D eigenvalue weighted by Crippen LogP contribution is 2.52. The van der Waals surface area contributed by atoms with Gasteiger partial charge in [0.25, 0.3) is 0 Å². The number of thiocarbonyl (C=S) groups is 1. The van der Waals surface area contributed by atoms with E-state index in [2.05, 4.69) is 5.32 Å². The monoisotopic (exact) mass is 425 g/mol. The predicted molar refractivity (Wildman–Crippen MR) is 121 cm³/mol. The molecule has 7 heteroatoms. The first-order chi connectivity index (χ1) is 14.3. The van der Waals surface area contributed by atoms with Crippen LogP contribution in [0.3, 0.4) is 0 Å². The van der Waals surface area contributed by atoms with Gasteiger partial charge in [0.15, 0.2) is 22.3 Å². The van der Waals surface area contributed by atoms with Gasteiger partial charge >= 0.3 is 0 Å². The van der Waals surface area contributed by atoms with Crippen LogP contribution in [0.4, 0.5) is 5.69 Å². The van der Waals surface area contributed by atoms with Gasteiger partial charge in [-0.1, -0.05) is 30.3 Å². The highest BCUT2D eigenvalue weighted by molar-refractivity contribution is 7.80. The summed E-state index contributed by atoms with van der Waals surface area (Å²) in [5.74, 6) is 0.788. The molecule has 4 rings (SSSR count). The maximum Gasteiger partial charge on any atom is 0.233 e. The zero-order valence-electron chi connectivity index (χ0n) is 17.9. The van der Waals surface area contributed by atoms with E-state index in [1.165, 1.54) is 0 Å². The van der Waals surface area contributed by atoms with E-state index in [9.17, 15) is 4.79 Å². The van der Waals surface area contributed by atoms with Gasteiger partial charge in [-0.05, 0) is 50.7 Å². The van der Waals surface area contributed by atoms with Crippen molar-refractivity contribution >= 4 is 28.9 Å². The molecule has 3 unspecified atom stereocenters. The number of hydrogen-bond donors (Lipinski definition) is 1. The highest BCUT2D eigenvalue weighted by Gasteiger charge is 2.60. The van der Waals surface area contributed by atoms with E-state index in [-0.39, 0.29) is 11.9 Å². The maximum atomic E-state index is 13.4. The molecule has 2 aromatic rings. The first-order valence-corrected chi connectivity index (χ1v) is 10.5. The number of fused-ring (bicyclic) bond motifs is 4. The summed E-state index contributed by atoms with van der Waals surface area (Å²) < 4.78 is 12.5. The van der Waals surface area contributed by atoms with Crippen LogP contribution in [0.25, 0.3) is 0 Å². The topological polar surface area (TPSA) is 54.0 Å². The third-order valence-corrected chi connectivity index (χ3v) is 6.15. The van der Waals surface area contributed by atoms with Gasteiger partial charge in [0.2, 0.25) is 5.91 Å². The average Bonchev–Trinajstić information content (AvgIpc) is 2.69. The molecule has 2 aliphatic rings. The Morgan fingerprint density at radius 3 is 2.67 bits per heavy atom. The van der Waals surface area contributed by atoms with Gasteiger partial charge in [-0.15, -0.1) is 0 Å². The normalized spacial score (nSPS) is 24.4. The lowest BCUT2D eigenvalue weighted by Gasteiger charge is -2.56. The summed E-state index contributed by atoms with van der Waals surface area (Å²) in [6, 6.07) is 13.4. The molecule has 3 atom stereocenters. The molecular formula is C23H27N3O3S. The van der Waals surface area contributed by atoms with Crippen molar-refractivity contribution in [2.45, 2.75) is 32.5 Å². The van der Waals surface area contributed by atoms with Gasteiger partial charge in [0, 0.05) is 25.3 Å². The Bertz CT molecular complexity index is 1010. The minimum Gasteiger partial charge on any atom is -0.490 e. The van der Waals surface area contributed by atoms with Crippen LogP contribution in [0.1, 0.15) is 31.0 Å². The summed E-state index contributed by atoms with van der Waals surface area (Å²) in [7, 11) is 3.54. The Hall–Kier alpha value is -2.80. The number of ether oxygens (including phenoxy) is 2. The summed E-state index contributed by atoms with van der Waals surface area (Å²) in [6.07, 6.45) is 0. The lowest BCUT2D eigenvalue weighted by molar-refractivity contribution is -0.144. The Morgan fingerprint density at radius 1 is 1.27 bits per heavy atom. The minimum absolute atomic E-state index is 0.0245. The number of carbonyl (C=O) groups is 1. The van der Waals surface area contributed by atoms with E-state index in [1.807, 2.05) is 68.1 Å². The maximum absolute atomic E-state index is 13.4. The van der Waals surface area contributed by atoms with Gasteiger partial charge in [0.05, 0.1) is 12.6 Å². The lowest BCUT2D eigenvalue weighted by Crippen LogP contribution is -2.72. The van der Waals surface area contributed by atoms with Crippen molar-refractivity contribution in [3.8, 4) is 11.5 Å². The van der Waals surface area contributed by atoms with E-state index in [1.54, 1.807) is 19.0 Å². The second kappa shape index (κ2) is 7.47. The molecule has 0 radical (unpaired) electrons. The zero-order chi connectivity index (χ0) is 21.6. The minimum atomic E-state index is -1.03. The lowest BCUT2D eigenvalue weighted by atomic mass is 9.78. The van der Waals surface area contributed by atoms with Crippen molar-refractivity contribution < 1.29 is 14.3 Å². The number of carbonyl (C=O) groups excluding carboxylic acids is 1. The number of nitrogens with zero attached hydrogens (tertiary/aromatic N) is 2. The fourth-order valence-corrected chi connectivity index (χ4v) is 4.88. The Labute approximate surface area is 182 Å². The van der Waals surface area contributed by atoms with Gasteiger partial charge in [0.1, 0.15) is 5.92 Å². The van der Waals surface area contributed by atoms with Crippen molar-refractivity contribution in [1.82, 2.24) is 10.2 Å². The molecule has 2 heterocycles. The fraction of sp³-hybridized carbons (Fsp3) is 0.391. The van der Waals surface area contributed by atoms with E-state index in [0.29, 0.717) is 23.2 Å². The number of hydrogen-bond acceptors (Lipinski definition) is 4. The molecule has 2 bridgehead atoms. The first-order valence-electron chi connectivity index (χ1n) is 10.1. The molecule has 2 aromatic carbocycles. The molecule has 1 amide bonds. The van der Waals surface area contributed by atoms with E-state index in [0.717, 1.165) is 16.8 Å². The number of aryl methyl sites for hydroxylation is 1. The fourth-order valence-electron chi connectivity index (χ4n) is 4.47. The van der Waals surface area contributed by atoms with Crippen LogP contribution in [0.5, 0.6) is 11.5 Å². The van der Waals surface area contributed by atoms with Crippen molar-refractivity contribution in [3.05, 3.63) is 53.6 Å². The molecular weight excluding hydrogens is 398 g/mol. The number of nitrogens with one attached hydrogen (secondary N) is 1. The number of amides is 1. The van der Waals surface area contributed by atoms with Crippen molar-refractivity contribution in [3.63, 3.8) is 0 Å². The van der Waals surface area contributed by atoms with Crippen LogP contribution in [-0.4, -0.2) is 42.3 Å². The Balaban J connectivity index is 1.95. The van der Waals surface area contributed by atoms with Crippen LogP contribution >= 0.6 is 12.2 Å². The van der Waals surface area contributed by atoms with Gasteiger partial charge in [-0.25, -0.2) is 0 Å².